The molecule has 2 aromatic heterocycles. The normalized spacial score (nSPS) is 10.9. The average Bonchev–Trinajstić information content (AvgIpc) is 3.26. The quantitative estimate of drug-likeness (QED) is 0.148. The summed E-state index contributed by atoms with van der Waals surface area (Å²) >= 11 is 0. The summed E-state index contributed by atoms with van der Waals surface area (Å²) in [4.78, 5) is 15.4. The van der Waals surface area contributed by atoms with Crippen molar-refractivity contribution < 1.29 is 34.4 Å². The Bertz CT molecular complexity index is 1780. The SMILES string of the molecule is CC(=O)c1ccccc1O.Cc1[c-]c(-c2nccc3cc(CC(C)C)ccc23)c2oc3ccccc3c2c1.[Ir]. The van der Waals surface area contributed by atoms with E-state index in [1.807, 2.05) is 18.3 Å². The van der Waals surface area contributed by atoms with Crippen LogP contribution in [0.2, 0.25) is 0 Å². The van der Waals surface area contributed by atoms with E-state index in [2.05, 4.69) is 69.3 Å². The van der Waals surface area contributed by atoms with Gasteiger partial charge in [0.15, 0.2) is 5.78 Å². The van der Waals surface area contributed by atoms with E-state index >= 15 is 0 Å². The fourth-order valence-corrected chi connectivity index (χ4v) is 4.86. The molecule has 4 nitrogen and oxygen atoms in total. The molecule has 199 valence electrons. The van der Waals surface area contributed by atoms with Gasteiger partial charge in [-0.2, -0.15) is 0 Å². The summed E-state index contributed by atoms with van der Waals surface area (Å²) in [6.45, 7) is 8.01. The molecule has 6 aromatic rings. The van der Waals surface area contributed by atoms with E-state index < -0.39 is 0 Å². The van der Waals surface area contributed by atoms with Gasteiger partial charge in [0.2, 0.25) is 0 Å². The van der Waals surface area contributed by atoms with Gasteiger partial charge in [-0.15, -0.1) is 17.7 Å². The number of furan rings is 1. The molecule has 0 bridgehead atoms. The topological polar surface area (TPSA) is 63.3 Å². The number of aryl methyl sites for hydroxylation is 1. The molecule has 0 amide bonds. The van der Waals surface area contributed by atoms with Gasteiger partial charge in [-0.3, -0.25) is 4.79 Å². The summed E-state index contributed by atoms with van der Waals surface area (Å²) in [5, 5.41) is 13.7. The molecule has 0 aliphatic rings. The first-order valence-corrected chi connectivity index (χ1v) is 12.8. The van der Waals surface area contributed by atoms with E-state index in [0.29, 0.717) is 11.5 Å². The zero-order valence-electron chi connectivity index (χ0n) is 22.4. The number of pyridine rings is 1. The van der Waals surface area contributed by atoms with Gasteiger partial charge < -0.3 is 14.5 Å². The maximum atomic E-state index is 10.7. The number of phenolic OH excluding ortho intramolecular Hbond substituents is 1. The van der Waals surface area contributed by atoms with Crippen LogP contribution in [0.1, 0.15) is 42.3 Å². The number of nitrogens with zero attached hydrogens (tertiary/aromatic N) is 1. The summed E-state index contributed by atoms with van der Waals surface area (Å²) < 4.78 is 6.25. The van der Waals surface area contributed by atoms with Gasteiger partial charge in [-0.1, -0.05) is 80.3 Å². The molecular weight excluding hydrogens is 663 g/mol. The third-order valence-electron chi connectivity index (χ3n) is 6.54. The molecule has 2 heterocycles. The Hall–Kier alpha value is -3.79. The van der Waals surface area contributed by atoms with Crippen molar-refractivity contribution >= 4 is 38.5 Å². The van der Waals surface area contributed by atoms with E-state index in [1.54, 1.807) is 18.2 Å². The maximum absolute atomic E-state index is 10.7. The molecule has 39 heavy (non-hydrogen) atoms. The molecule has 5 heteroatoms. The number of carbonyl (C=O) groups is 1. The molecule has 0 atom stereocenters. The van der Waals surface area contributed by atoms with Crippen LogP contribution in [0.15, 0.2) is 89.5 Å². The zero-order valence-corrected chi connectivity index (χ0v) is 24.8. The Morgan fingerprint density at radius 2 is 1.69 bits per heavy atom. The van der Waals surface area contributed by atoms with E-state index in [1.165, 1.54) is 23.9 Å². The number of phenols is 1. The van der Waals surface area contributed by atoms with Gasteiger partial charge >= 0.3 is 0 Å². The number of carbonyl (C=O) groups excluding carboxylic acids is 1. The number of para-hydroxylation sites is 2. The number of ketones is 1. The summed E-state index contributed by atoms with van der Waals surface area (Å²) in [6, 6.07) is 29.1. The van der Waals surface area contributed by atoms with Crippen molar-refractivity contribution in [2.24, 2.45) is 5.92 Å². The second-order valence-corrected chi connectivity index (χ2v) is 10.1. The fourth-order valence-electron chi connectivity index (χ4n) is 4.86. The largest absolute Gasteiger partial charge is 0.507 e. The first-order chi connectivity index (χ1) is 18.3. The molecule has 1 radical (unpaired) electrons. The Morgan fingerprint density at radius 3 is 2.41 bits per heavy atom. The maximum Gasteiger partial charge on any atom is 0.163 e. The molecular formula is C34H30IrNO3-. The van der Waals surface area contributed by atoms with Crippen LogP contribution in [-0.2, 0) is 26.5 Å². The van der Waals surface area contributed by atoms with Gasteiger partial charge in [-0.05, 0) is 65.6 Å². The predicted octanol–water partition coefficient (Wildman–Crippen LogP) is 8.70. The summed E-state index contributed by atoms with van der Waals surface area (Å²) in [5.41, 5.74) is 6.46. The van der Waals surface area contributed by atoms with Crippen LogP contribution in [0.3, 0.4) is 0 Å². The molecule has 6 rings (SSSR count). The van der Waals surface area contributed by atoms with Crippen molar-refractivity contribution in [3.63, 3.8) is 0 Å². The number of aromatic hydroxyl groups is 1. The molecule has 0 unspecified atom stereocenters. The van der Waals surface area contributed by atoms with Crippen LogP contribution in [0, 0.1) is 18.9 Å². The van der Waals surface area contributed by atoms with Gasteiger partial charge in [0.1, 0.15) is 11.3 Å². The minimum absolute atomic E-state index is 0. The van der Waals surface area contributed by atoms with Crippen molar-refractivity contribution in [3.05, 3.63) is 108 Å². The van der Waals surface area contributed by atoms with Crippen LogP contribution >= 0.6 is 0 Å². The van der Waals surface area contributed by atoms with Crippen molar-refractivity contribution in [1.82, 2.24) is 4.98 Å². The standard InChI is InChI=1S/C26H22NO.C8H8O2.Ir/c1-16(2)12-18-8-9-20-19(15-18)10-11-27-25(20)23-14-17(3)13-22-21-6-4-5-7-24(21)28-26(22)23;1-6(9)7-4-2-3-5-8(7)10;/h4-11,13,15-16H,12H2,1-3H3;2-5,10H,1H3;/q-1;;. The first-order valence-electron chi connectivity index (χ1n) is 12.8. The third-order valence-corrected chi connectivity index (χ3v) is 6.54. The van der Waals surface area contributed by atoms with Crippen molar-refractivity contribution in [1.29, 1.82) is 0 Å². The van der Waals surface area contributed by atoms with Gasteiger partial charge in [0.25, 0.3) is 0 Å². The van der Waals surface area contributed by atoms with Crippen molar-refractivity contribution in [2.45, 2.75) is 34.1 Å². The second kappa shape index (κ2) is 11.9. The number of Topliss-reactive ketones (excluding diaryl/α,β-unsaturated/α-hetero) is 1. The van der Waals surface area contributed by atoms with E-state index in [9.17, 15) is 4.79 Å². The van der Waals surface area contributed by atoms with E-state index in [4.69, 9.17) is 14.5 Å². The second-order valence-electron chi connectivity index (χ2n) is 10.1. The number of rotatable bonds is 4. The molecule has 4 aromatic carbocycles. The molecule has 0 aliphatic carbocycles. The van der Waals surface area contributed by atoms with E-state index in [-0.39, 0.29) is 31.6 Å². The molecule has 0 spiro atoms. The molecule has 0 saturated carbocycles. The fraction of sp³-hybridized carbons (Fsp3) is 0.176. The van der Waals surface area contributed by atoms with Gasteiger partial charge in [0, 0.05) is 31.7 Å². The van der Waals surface area contributed by atoms with Crippen LogP contribution in [0.25, 0.3) is 44.0 Å². The molecule has 0 aliphatic heterocycles. The van der Waals surface area contributed by atoms with Crippen LogP contribution in [0.5, 0.6) is 5.75 Å². The smallest absolute Gasteiger partial charge is 0.163 e. The third kappa shape index (κ3) is 5.95. The summed E-state index contributed by atoms with van der Waals surface area (Å²) in [6.07, 6.45) is 2.97. The number of aromatic nitrogens is 1. The summed E-state index contributed by atoms with van der Waals surface area (Å²) in [5.74, 6) is 0.576. The van der Waals surface area contributed by atoms with Gasteiger partial charge in [-0.25, -0.2) is 0 Å². The monoisotopic (exact) mass is 693 g/mol. The minimum atomic E-state index is -0.113. The average molecular weight is 693 g/mol. The molecule has 0 fully saturated rings. The van der Waals surface area contributed by atoms with Crippen molar-refractivity contribution in [2.75, 3.05) is 0 Å². The number of hydrogen-bond acceptors (Lipinski definition) is 4. The zero-order chi connectivity index (χ0) is 26.8. The van der Waals surface area contributed by atoms with Crippen LogP contribution < -0.4 is 0 Å². The Morgan fingerprint density at radius 1 is 0.949 bits per heavy atom. The number of hydrogen-bond donors (Lipinski definition) is 1. The summed E-state index contributed by atoms with van der Waals surface area (Å²) in [7, 11) is 0. The number of benzene rings is 4. The van der Waals surface area contributed by atoms with Gasteiger partial charge in [0.05, 0.1) is 11.1 Å². The van der Waals surface area contributed by atoms with Crippen LogP contribution in [0.4, 0.5) is 0 Å². The Labute approximate surface area is 242 Å². The van der Waals surface area contributed by atoms with E-state index in [0.717, 1.165) is 50.6 Å². The van der Waals surface area contributed by atoms with Crippen molar-refractivity contribution in [3.8, 4) is 17.0 Å². The molecule has 1 N–H and O–H groups in total. The Kier molecular flexibility index (Phi) is 8.64. The minimum Gasteiger partial charge on any atom is -0.507 e. The predicted molar refractivity (Wildman–Crippen MR) is 155 cm³/mol. The molecule has 0 saturated heterocycles. The van der Waals surface area contributed by atoms with Crippen LogP contribution in [-0.4, -0.2) is 15.9 Å². The first kappa shape index (κ1) is 28.2. The Balaban J connectivity index is 0.000000273. The number of fused-ring (bicyclic) bond motifs is 4.